The van der Waals surface area contributed by atoms with Gasteiger partial charge in [0.2, 0.25) is 5.91 Å². The van der Waals surface area contributed by atoms with E-state index in [4.69, 9.17) is 9.47 Å². The SMILES string of the molecule is CCOc1ccc(C(=O)N2CC(=O)Nc3ccc(Br)cc3C2c2cccs2)cc1OCC. The van der Waals surface area contributed by atoms with E-state index in [1.165, 1.54) is 0 Å². The van der Waals surface area contributed by atoms with Crippen molar-refractivity contribution in [1.82, 2.24) is 4.90 Å². The minimum atomic E-state index is -0.406. The van der Waals surface area contributed by atoms with Crippen molar-refractivity contribution in [1.29, 1.82) is 0 Å². The lowest BCUT2D eigenvalue weighted by molar-refractivity contribution is -0.117. The molecule has 0 saturated heterocycles. The summed E-state index contributed by atoms with van der Waals surface area (Å²) >= 11 is 5.08. The van der Waals surface area contributed by atoms with Crippen molar-refractivity contribution < 1.29 is 19.1 Å². The Kier molecular flexibility index (Phi) is 6.81. The Morgan fingerprint density at radius 2 is 1.91 bits per heavy atom. The highest BCUT2D eigenvalue weighted by molar-refractivity contribution is 9.10. The molecule has 0 aliphatic carbocycles. The fourth-order valence-corrected chi connectivity index (χ4v) is 5.00. The molecule has 3 aromatic rings. The maximum atomic E-state index is 13.8. The van der Waals surface area contributed by atoms with Gasteiger partial charge in [0.15, 0.2) is 11.5 Å². The molecule has 6 nitrogen and oxygen atoms in total. The number of nitrogens with zero attached hydrogens (tertiary/aromatic N) is 1. The molecule has 8 heteroatoms. The average Bonchev–Trinajstić information content (AvgIpc) is 3.26. The summed E-state index contributed by atoms with van der Waals surface area (Å²) in [4.78, 5) is 29.1. The summed E-state index contributed by atoms with van der Waals surface area (Å²) in [6, 6.07) is 14.4. The van der Waals surface area contributed by atoms with Gasteiger partial charge < -0.3 is 19.7 Å². The van der Waals surface area contributed by atoms with E-state index in [1.54, 1.807) is 34.4 Å². The van der Waals surface area contributed by atoms with Crippen molar-refractivity contribution in [2.24, 2.45) is 0 Å². The molecule has 1 atom stereocenters. The monoisotopic (exact) mass is 514 g/mol. The number of carbonyl (C=O) groups excluding carboxylic acids is 2. The molecular formula is C24H23BrN2O4S. The Labute approximate surface area is 199 Å². The maximum Gasteiger partial charge on any atom is 0.255 e. The number of thiophene rings is 1. The first-order valence-electron chi connectivity index (χ1n) is 10.3. The van der Waals surface area contributed by atoms with Crippen molar-refractivity contribution in [3.05, 3.63) is 74.4 Å². The predicted molar refractivity (Wildman–Crippen MR) is 129 cm³/mol. The van der Waals surface area contributed by atoms with Crippen LogP contribution >= 0.6 is 27.3 Å². The number of hydrogen-bond acceptors (Lipinski definition) is 5. The molecule has 1 aliphatic heterocycles. The molecule has 0 radical (unpaired) electrons. The van der Waals surface area contributed by atoms with Crippen molar-refractivity contribution >= 4 is 44.8 Å². The average molecular weight is 515 g/mol. The summed E-state index contributed by atoms with van der Waals surface area (Å²) in [5, 5.41) is 4.91. The van der Waals surface area contributed by atoms with Crippen LogP contribution in [-0.2, 0) is 4.79 Å². The second-order valence-electron chi connectivity index (χ2n) is 7.16. The van der Waals surface area contributed by atoms with Gasteiger partial charge in [-0.1, -0.05) is 22.0 Å². The Balaban J connectivity index is 1.80. The Bertz CT molecular complexity index is 1130. The van der Waals surface area contributed by atoms with E-state index in [2.05, 4.69) is 21.2 Å². The van der Waals surface area contributed by atoms with Crippen LogP contribution in [0.15, 0.2) is 58.4 Å². The number of amides is 2. The normalized spacial score (nSPS) is 15.5. The second-order valence-corrected chi connectivity index (χ2v) is 9.05. The van der Waals surface area contributed by atoms with Crippen LogP contribution in [0.1, 0.15) is 40.7 Å². The van der Waals surface area contributed by atoms with Crippen LogP contribution in [0.5, 0.6) is 11.5 Å². The van der Waals surface area contributed by atoms with Crippen LogP contribution in [-0.4, -0.2) is 36.5 Å². The minimum Gasteiger partial charge on any atom is -0.490 e. The Hall–Kier alpha value is -2.84. The molecule has 4 rings (SSSR count). The first kappa shape index (κ1) is 22.4. The largest absolute Gasteiger partial charge is 0.490 e. The first-order valence-corrected chi connectivity index (χ1v) is 12.0. The molecule has 1 N–H and O–H groups in total. The molecule has 2 amide bonds. The molecule has 1 aliphatic rings. The Morgan fingerprint density at radius 1 is 1.12 bits per heavy atom. The summed E-state index contributed by atoms with van der Waals surface area (Å²) in [7, 11) is 0. The van der Waals surface area contributed by atoms with Crippen LogP contribution in [0.4, 0.5) is 5.69 Å². The lowest BCUT2D eigenvalue weighted by Gasteiger charge is -2.30. The highest BCUT2D eigenvalue weighted by Gasteiger charge is 2.35. The molecule has 0 fully saturated rings. The fraction of sp³-hybridized carbons (Fsp3) is 0.250. The lowest BCUT2D eigenvalue weighted by atomic mass is 10.0. The number of carbonyl (C=O) groups is 2. The van der Waals surface area contributed by atoms with Gasteiger partial charge >= 0.3 is 0 Å². The highest BCUT2D eigenvalue weighted by atomic mass is 79.9. The van der Waals surface area contributed by atoms with Gasteiger partial charge in [0, 0.05) is 26.2 Å². The first-order chi connectivity index (χ1) is 15.5. The molecule has 0 saturated carbocycles. The molecule has 2 heterocycles. The highest BCUT2D eigenvalue weighted by Crippen LogP contribution is 2.40. The van der Waals surface area contributed by atoms with Gasteiger partial charge in [-0.05, 0) is 61.7 Å². The van der Waals surface area contributed by atoms with Gasteiger partial charge in [-0.25, -0.2) is 0 Å². The number of fused-ring (bicyclic) bond motifs is 1. The van der Waals surface area contributed by atoms with Gasteiger partial charge in [-0.15, -0.1) is 11.3 Å². The van der Waals surface area contributed by atoms with Gasteiger partial charge in [0.05, 0.1) is 19.3 Å². The zero-order valence-electron chi connectivity index (χ0n) is 17.8. The standard InChI is InChI=1S/C24H23BrN2O4S/c1-3-30-19-10-7-15(12-20(19)31-4-2)24(29)27-14-22(28)26-18-9-8-16(25)13-17(18)23(27)21-6-5-11-32-21/h5-13,23H,3-4,14H2,1-2H3,(H,26,28). The summed E-state index contributed by atoms with van der Waals surface area (Å²) in [6.07, 6.45) is 0. The molecule has 32 heavy (non-hydrogen) atoms. The number of hydrogen-bond donors (Lipinski definition) is 1. The van der Waals surface area contributed by atoms with Crippen molar-refractivity contribution in [3.8, 4) is 11.5 Å². The topological polar surface area (TPSA) is 67.9 Å². The van der Waals surface area contributed by atoms with Crippen LogP contribution in [0.25, 0.3) is 0 Å². The quantitative estimate of drug-likeness (QED) is 0.472. The summed E-state index contributed by atoms with van der Waals surface area (Å²) in [5.41, 5.74) is 2.00. The molecule has 0 spiro atoms. The third-order valence-corrected chi connectivity index (χ3v) is 6.49. The van der Waals surface area contributed by atoms with E-state index in [-0.39, 0.29) is 18.4 Å². The third kappa shape index (κ3) is 4.52. The van der Waals surface area contributed by atoms with E-state index in [1.807, 2.05) is 49.6 Å². The van der Waals surface area contributed by atoms with Gasteiger partial charge in [0.1, 0.15) is 6.54 Å². The smallest absolute Gasteiger partial charge is 0.255 e. The molecule has 1 unspecified atom stereocenters. The molecule has 1 aromatic heterocycles. The predicted octanol–water partition coefficient (Wildman–Crippen LogP) is 5.49. The summed E-state index contributed by atoms with van der Waals surface area (Å²) in [6.45, 7) is 4.65. The van der Waals surface area contributed by atoms with Crippen LogP contribution in [0, 0.1) is 0 Å². The van der Waals surface area contributed by atoms with E-state index in [0.29, 0.717) is 36.0 Å². The fourth-order valence-electron chi connectivity index (χ4n) is 3.77. The zero-order chi connectivity index (χ0) is 22.7. The van der Waals surface area contributed by atoms with Crippen LogP contribution in [0.3, 0.4) is 0 Å². The molecule has 166 valence electrons. The zero-order valence-corrected chi connectivity index (χ0v) is 20.2. The van der Waals surface area contributed by atoms with E-state index in [9.17, 15) is 9.59 Å². The Morgan fingerprint density at radius 3 is 2.62 bits per heavy atom. The number of ether oxygens (including phenoxy) is 2. The summed E-state index contributed by atoms with van der Waals surface area (Å²) in [5.74, 6) is 0.603. The molecule has 2 aromatic carbocycles. The number of rotatable bonds is 6. The van der Waals surface area contributed by atoms with E-state index in [0.717, 1.165) is 14.9 Å². The van der Waals surface area contributed by atoms with E-state index < -0.39 is 6.04 Å². The van der Waals surface area contributed by atoms with Crippen LogP contribution in [0.2, 0.25) is 0 Å². The van der Waals surface area contributed by atoms with Crippen molar-refractivity contribution in [2.75, 3.05) is 25.1 Å². The van der Waals surface area contributed by atoms with Crippen molar-refractivity contribution in [3.63, 3.8) is 0 Å². The van der Waals surface area contributed by atoms with Gasteiger partial charge in [-0.2, -0.15) is 0 Å². The number of halogens is 1. The number of benzene rings is 2. The minimum absolute atomic E-state index is 0.0646. The lowest BCUT2D eigenvalue weighted by Crippen LogP contribution is -2.38. The van der Waals surface area contributed by atoms with Gasteiger partial charge in [0.25, 0.3) is 5.91 Å². The van der Waals surface area contributed by atoms with Gasteiger partial charge in [-0.3, -0.25) is 9.59 Å². The van der Waals surface area contributed by atoms with Crippen LogP contribution < -0.4 is 14.8 Å². The second kappa shape index (κ2) is 9.75. The third-order valence-electron chi connectivity index (χ3n) is 5.07. The molecule has 0 bridgehead atoms. The van der Waals surface area contributed by atoms with E-state index >= 15 is 0 Å². The summed E-state index contributed by atoms with van der Waals surface area (Å²) < 4.78 is 12.2. The number of anilines is 1. The van der Waals surface area contributed by atoms with Crippen molar-refractivity contribution in [2.45, 2.75) is 19.9 Å². The molecular weight excluding hydrogens is 492 g/mol. The maximum absolute atomic E-state index is 13.8. The number of nitrogens with one attached hydrogen (secondary N) is 1.